The lowest BCUT2D eigenvalue weighted by Crippen LogP contribution is -2.17. The molecule has 0 atom stereocenters. The molecule has 15 heavy (non-hydrogen) atoms. The van der Waals surface area contributed by atoms with Crippen molar-refractivity contribution in [2.24, 2.45) is 0 Å². The van der Waals surface area contributed by atoms with Crippen molar-refractivity contribution in [1.82, 2.24) is 0 Å². The number of hydrogen-bond donors (Lipinski definition) is 1. The van der Waals surface area contributed by atoms with E-state index < -0.39 is 5.60 Å². The molecule has 0 aliphatic heterocycles. The van der Waals surface area contributed by atoms with Gasteiger partial charge >= 0.3 is 0 Å². The molecule has 0 aliphatic rings. The number of aryl methyl sites for hydroxylation is 1. The molecule has 1 nitrogen and oxygen atoms in total. The Kier molecular flexibility index (Phi) is 4.81. The first-order valence-electron chi connectivity index (χ1n) is 5.44. The zero-order valence-corrected chi connectivity index (χ0v) is 11.0. The van der Waals surface area contributed by atoms with Crippen LogP contribution < -0.4 is 0 Å². The summed E-state index contributed by atoms with van der Waals surface area (Å²) in [4.78, 5) is 0. The van der Waals surface area contributed by atoms with Crippen molar-refractivity contribution < 1.29 is 5.11 Å². The van der Waals surface area contributed by atoms with Crippen LogP contribution in [0.1, 0.15) is 38.7 Å². The van der Waals surface area contributed by atoms with Gasteiger partial charge in [0.1, 0.15) is 0 Å². The van der Waals surface area contributed by atoms with Crippen molar-refractivity contribution in [1.29, 1.82) is 0 Å². The lowest BCUT2D eigenvalue weighted by molar-refractivity contribution is 0.0682. The van der Waals surface area contributed by atoms with Gasteiger partial charge in [-0.1, -0.05) is 34.5 Å². The van der Waals surface area contributed by atoms with E-state index in [4.69, 9.17) is 0 Å². The van der Waals surface area contributed by atoms with Gasteiger partial charge < -0.3 is 5.11 Å². The van der Waals surface area contributed by atoms with Crippen LogP contribution in [0.2, 0.25) is 0 Å². The second-order valence-electron chi connectivity index (χ2n) is 4.65. The molecule has 1 aromatic carbocycles. The second-order valence-corrected chi connectivity index (χ2v) is 5.56. The van der Waals surface area contributed by atoms with E-state index in [1.807, 2.05) is 13.8 Å². The minimum absolute atomic E-state index is 0.514. The van der Waals surface area contributed by atoms with Crippen LogP contribution in [0.3, 0.4) is 0 Å². The summed E-state index contributed by atoms with van der Waals surface area (Å²) in [6.45, 7) is 3.74. The van der Waals surface area contributed by atoms with Crippen LogP contribution in [0.25, 0.3) is 0 Å². The maximum Gasteiger partial charge on any atom is 0.0591 e. The topological polar surface area (TPSA) is 20.2 Å². The van der Waals surface area contributed by atoms with Crippen LogP contribution in [0, 0.1) is 0 Å². The van der Waals surface area contributed by atoms with E-state index in [0.29, 0.717) is 0 Å². The number of hydrogen-bond acceptors (Lipinski definition) is 1. The molecule has 84 valence electrons. The molecule has 0 heterocycles. The lowest BCUT2D eigenvalue weighted by Gasteiger charge is -2.16. The Bertz CT molecular complexity index is 284. The molecule has 0 unspecified atom stereocenters. The molecule has 0 radical (unpaired) electrons. The molecule has 2 heteroatoms. The normalized spacial score (nSPS) is 11.7. The Morgan fingerprint density at radius 3 is 2.27 bits per heavy atom. The van der Waals surface area contributed by atoms with Gasteiger partial charge in [0.15, 0.2) is 0 Å². The summed E-state index contributed by atoms with van der Waals surface area (Å²) in [6.07, 6.45) is 4.21. The molecule has 0 aromatic heterocycles. The Morgan fingerprint density at radius 2 is 1.73 bits per heavy atom. The van der Waals surface area contributed by atoms with Gasteiger partial charge in [0.2, 0.25) is 0 Å². The van der Waals surface area contributed by atoms with E-state index in [0.717, 1.165) is 30.2 Å². The Hall–Kier alpha value is -0.340. The molecular weight excluding hydrogens is 252 g/mol. The van der Waals surface area contributed by atoms with Crippen LogP contribution in [0.15, 0.2) is 28.7 Å². The number of unbranched alkanes of at least 4 members (excludes halogenated alkanes) is 1. The fraction of sp³-hybridized carbons (Fsp3) is 0.538. The molecule has 0 aliphatic carbocycles. The van der Waals surface area contributed by atoms with Gasteiger partial charge in [0, 0.05) is 4.47 Å². The summed E-state index contributed by atoms with van der Waals surface area (Å²) < 4.78 is 1.13. The third kappa shape index (κ3) is 5.95. The average molecular weight is 271 g/mol. The fourth-order valence-electron chi connectivity index (χ4n) is 1.54. The van der Waals surface area contributed by atoms with E-state index in [9.17, 15) is 5.11 Å². The zero-order chi connectivity index (χ0) is 11.3. The summed E-state index contributed by atoms with van der Waals surface area (Å²) in [6, 6.07) is 8.44. The van der Waals surface area contributed by atoms with Crippen molar-refractivity contribution >= 4 is 15.9 Å². The highest BCUT2D eigenvalue weighted by molar-refractivity contribution is 9.10. The molecule has 1 aromatic rings. The molecule has 0 saturated carbocycles. The van der Waals surface area contributed by atoms with Gasteiger partial charge in [-0.25, -0.2) is 0 Å². The molecule has 0 fully saturated rings. The SMILES string of the molecule is CC(C)(O)CCCCc1ccc(Br)cc1. The summed E-state index contributed by atoms with van der Waals surface area (Å²) in [7, 11) is 0. The minimum atomic E-state index is -0.514. The summed E-state index contributed by atoms with van der Waals surface area (Å²) in [5.74, 6) is 0. The predicted molar refractivity (Wildman–Crippen MR) is 68.0 cm³/mol. The third-order valence-corrected chi connectivity index (χ3v) is 2.95. The highest BCUT2D eigenvalue weighted by Gasteiger charge is 2.10. The lowest BCUT2D eigenvalue weighted by atomic mass is 9.99. The number of benzene rings is 1. The van der Waals surface area contributed by atoms with Crippen LogP contribution in [0.4, 0.5) is 0 Å². The number of rotatable bonds is 5. The first kappa shape index (κ1) is 12.7. The molecule has 1 N–H and O–H groups in total. The monoisotopic (exact) mass is 270 g/mol. The van der Waals surface area contributed by atoms with Gasteiger partial charge in [-0.3, -0.25) is 0 Å². The van der Waals surface area contributed by atoms with Crippen molar-refractivity contribution in [3.8, 4) is 0 Å². The number of halogens is 1. The van der Waals surface area contributed by atoms with Crippen molar-refractivity contribution in [3.63, 3.8) is 0 Å². The molecular formula is C13H19BrO. The van der Waals surface area contributed by atoms with E-state index in [2.05, 4.69) is 40.2 Å². The van der Waals surface area contributed by atoms with Gasteiger partial charge in [-0.05, 0) is 50.8 Å². The van der Waals surface area contributed by atoms with Crippen LogP contribution in [0.5, 0.6) is 0 Å². The standard InChI is InChI=1S/C13H19BrO/c1-13(2,15)10-4-3-5-11-6-8-12(14)9-7-11/h6-9,15H,3-5,10H2,1-2H3. The van der Waals surface area contributed by atoms with Gasteiger partial charge in [-0.2, -0.15) is 0 Å². The first-order chi connectivity index (χ1) is 6.97. The summed E-state index contributed by atoms with van der Waals surface area (Å²) in [5.41, 5.74) is 0.855. The molecule has 0 spiro atoms. The highest BCUT2D eigenvalue weighted by Crippen LogP contribution is 2.15. The minimum Gasteiger partial charge on any atom is -0.390 e. The van der Waals surface area contributed by atoms with Gasteiger partial charge in [-0.15, -0.1) is 0 Å². The van der Waals surface area contributed by atoms with Crippen molar-refractivity contribution in [2.45, 2.75) is 45.1 Å². The van der Waals surface area contributed by atoms with Crippen molar-refractivity contribution in [2.75, 3.05) is 0 Å². The average Bonchev–Trinajstić information content (AvgIpc) is 2.14. The maximum atomic E-state index is 9.55. The van der Waals surface area contributed by atoms with Gasteiger partial charge in [0.25, 0.3) is 0 Å². The Morgan fingerprint density at radius 1 is 1.13 bits per heavy atom. The van der Waals surface area contributed by atoms with Crippen molar-refractivity contribution in [3.05, 3.63) is 34.3 Å². The Labute approximate surface area is 101 Å². The number of aliphatic hydroxyl groups is 1. The van der Waals surface area contributed by atoms with Gasteiger partial charge in [0.05, 0.1) is 5.60 Å². The predicted octanol–water partition coefficient (Wildman–Crippen LogP) is 3.93. The molecule has 1 rings (SSSR count). The molecule has 0 saturated heterocycles. The molecule has 0 amide bonds. The van der Waals surface area contributed by atoms with E-state index in [1.54, 1.807) is 0 Å². The largest absolute Gasteiger partial charge is 0.390 e. The molecule has 0 bridgehead atoms. The van der Waals surface area contributed by atoms with Crippen LogP contribution in [-0.2, 0) is 6.42 Å². The Balaban J connectivity index is 2.23. The zero-order valence-electron chi connectivity index (χ0n) is 9.46. The maximum absolute atomic E-state index is 9.55. The van der Waals surface area contributed by atoms with E-state index >= 15 is 0 Å². The second kappa shape index (κ2) is 5.66. The van der Waals surface area contributed by atoms with E-state index in [1.165, 1.54) is 5.56 Å². The summed E-state index contributed by atoms with van der Waals surface area (Å²) in [5, 5.41) is 9.55. The van der Waals surface area contributed by atoms with E-state index in [-0.39, 0.29) is 0 Å². The van der Waals surface area contributed by atoms with Crippen LogP contribution in [-0.4, -0.2) is 10.7 Å². The summed E-state index contributed by atoms with van der Waals surface area (Å²) >= 11 is 3.42. The highest BCUT2D eigenvalue weighted by atomic mass is 79.9. The van der Waals surface area contributed by atoms with Crippen LogP contribution >= 0.6 is 15.9 Å². The third-order valence-electron chi connectivity index (χ3n) is 2.42. The first-order valence-corrected chi connectivity index (χ1v) is 6.23. The fourth-order valence-corrected chi connectivity index (χ4v) is 1.80. The quantitative estimate of drug-likeness (QED) is 0.804. The smallest absolute Gasteiger partial charge is 0.0591 e.